The topological polar surface area (TPSA) is 26.3 Å². The molecule has 0 saturated carbocycles. The summed E-state index contributed by atoms with van der Waals surface area (Å²) < 4.78 is 6.61. The highest BCUT2D eigenvalue weighted by Crippen LogP contribution is 2.13. The van der Waals surface area contributed by atoms with Crippen LogP contribution < -0.4 is 0 Å². The largest absolute Gasteiger partial charge is 0.370 e. The quantitative estimate of drug-likeness (QED) is 0.421. The molecule has 1 aromatic rings. The lowest BCUT2D eigenvalue weighted by Crippen LogP contribution is -2.21. The smallest absolute Gasteiger partial charge is 0.191 e. The Hall–Kier alpha value is -0.670. The van der Waals surface area contributed by atoms with Crippen molar-refractivity contribution in [3.8, 4) is 0 Å². The predicted molar refractivity (Wildman–Crippen MR) is 87.3 cm³/mol. The maximum Gasteiger partial charge on any atom is 0.191 e. The first-order valence-electron chi connectivity index (χ1n) is 7.56. The molecule has 0 aliphatic carbocycles. The van der Waals surface area contributed by atoms with Gasteiger partial charge < -0.3 is 4.74 Å². The van der Waals surface area contributed by atoms with Crippen LogP contribution >= 0.6 is 15.9 Å². The number of Topliss-reactive ketones (excluding diaryl/α,β-unsaturated/α-hetero) is 1. The Morgan fingerprint density at radius 3 is 2.35 bits per heavy atom. The minimum atomic E-state index is -0.355. The molecule has 0 radical (unpaired) electrons. The van der Waals surface area contributed by atoms with Crippen LogP contribution in [0.1, 0.15) is 62.7 Å². The number of halogens is 1. The predicted octanol–water partition coefficient (Wildman–Crippen LogP) is 5.40. The second-order valence-corrected chi connectivity index (χ2v) is 6.07. The normalized spacial score (nSPS) is 12.3. The third kappa shape index (κ3) is 6.67. The lowest BCUT2D eigenvalue weighted by molar-refractivity contribution is 0.0464. The molecule has 1 unspecified atom stereocenters. The van der Waals surface area contributed by atoms with Gasteiger partial charge in [-0.25, -0.2) is 0 Å². The van der Waals surface area contributed by atoms with E-state index < -0.39 is 0 Å². The van der Waals surface area contributed by atoms with Crippen molar-refractivity contribution >= 4 is 21.7 Å². The van der Waals surface area contributed by atoms with E-state index in [0.717, 1.165) is 10.9 Å². The number of ether oxygens (including phenoxy) is 1. The molecule has 0 fully saturated rings. The molecule has 0 bridgehead atoms. The average molecular weight is 341 g/mol. The van der Waals surface area contributed by atoms with E-state index in [1.165, 1.54) is 32.1 Å². The minimum Gasteiger partial charge on any atom is -0.370 e. The van der Waals surface area contributed by atoms with Crippen LogP contribution in [0.4, 0.5) is 0 Å². The molecule has 0 N–H and O–H groups in total. The van der Waals surface area contributed by atoms with Gasteiger partial charge in [0.25, 0.3) is 0 Å². The highest BCUT2D eigenvalue weighted by molar-refractivity contribution is 9.10. The van der Waals surface area contributed by atoms with Gasteiger partial charge in [0.05, 0.1) is 0 Å². The van der Waals surface area contributed by atoms with Crippen LogP contribution in [0.2, 0.25) is 0 Å². The van der Waals surface area contributed by atoms with Crippen LogP contribution in [-0.4, -0.2) is 18.5 Å². The minimum absolute atomic E-state index is 0.0588. The van der Waals surface area contributed by atoms with Gasteiger partial charge in [0, 0.05) is 16.6 Å². The number of unbranched alkanes of at least 4 members (excludes halogenated alkanes) is 5. The summed E-state index contributed by atoms with van der Waals surface area (Å²) in [5.74, 6) is 0.0588. The van der Waals surface area contributed by atoms with Gasteiger partial charge >= 0.3 is 0 Å². The second-order valence-electron chi connectivity index (χ2n) is 5.15. The monoisotopic (exact) mass is 340 g/mol. The van der Waals surface area contributed by atoms with E-state index in [0.29, 0.717) is 12.2 Å². The van der Waals surface area contributed by atoms with Crippen molar-refractivity contribution in [2.45, 2.75) is 58.5 Å². The number of ketones is 1. The number of rotatable bonds is 10. The van der Waals surface area contributed by atoms with Crippen molar-refractivity contribution in [3.63, 3.8) is 0 Å². The van der Waals surface area contributed by atoms with Gasteiger partial charge in [-0.2, -0.15) is 0 Å². The highest BCUT2D eigenvalue weighted by Gasteiger charge is 2.15. The zero-order valence-electron chi connectivity index (χ0n) is 12.5. The first-order valence-corrected chi connectivity index (χ1v) is 8.35. The summed E-state index contributed by atoms with van der Waals surface area (Å²) in [4.78, 5) is 12.1. The number of carbonyl (C=O) groups is 1. The molecule has 1 atom stereocenters. The first-order chi connectivity index (χ1) is 9.65. The Balaban J connectivity index is 2.20. The first kappa shape index (κ1) is 17.4. The van der Waals surface area contributed by atoms with Crippen molar-refractivity contribution < 1.29 is 9.53 Å². The molecular formula is C17H25BrO2. The number of benzene rings is 1. The van der Waals surface area contributed by atoms with Crippen molar-refractivity contribution in [2.75, 3.05) is 6.61 Å². The summed E-state index contributed by atoms with van der Waals surface area (Å²) in [5, 5.41) is 0. The standard InChI is InChI=1S/C17H25BrO2/c1-3-4-5-6-7-8-13-20-14(2)17(19)15-9-11-16(18)12-10-15/h9-12,14H,3-8,13H2,1-2H3. The molecule has 0 amide bonds. The van der Waals surface area contributed by atoms with Crippen LogP contribution in [0.3, 0.4) is 0 Å². The Bertz CT molecular complexity index is 386. The summed E-state index contributed by atoms with van der Waals surface area (Å²) in [6.07, 6.45) is 7.05. The van der Waals surface area contributed by atoms with Gasteiger partial charge in [-0.15, -0.1) is 0 Å². The van der Waals surface area contributed by atoms with E-state index in [4.69, 9.17) is 4.74 Å². The zero-order valence-corrected chi connectivity index (χ0v) is 14.1. The van der Waals surface area contributed by atoms with E-state index in [9.17, 15) is 4.79 Å². The van der Waals surface area contributed by atoms with Crippen LogP contribution in [-0.2, 0) is 4.74 Å². The van der Waals surface area contributed by atoms with Gasteiger partial charge in [0.1, 0.15) is 6.10 Å². The molecule has 0 heterocycles. The molecular weight excluding hydrogens is 316 g/mol. The van der Waals surface area contributed by atoms with E-state index in [-0.39, 0.29) is 11.9 Å². The summed E-state index contributed by atoms with van der Waals surface area (Å²) in [6.45, 7) is 4.73. The third-order valence-corrected chi connectivity index (χ3v) is 3.89. The molecule has 0 spiro atoms. The van der Waals surface area contributed by atoms with Gasteiger partial charge in [0.15, 0.2) is 5.78 Å². The summed E-state index contributed by atoms with van der Waals surface area (Å²) in [5.41, 5.74) is 0.712. The van der Waals surface area contributed by atoms with Crippen LogP contribution in [0.5, 0.6) is 0 Å². The number of carbonyl (C=O) groups excluding carboxylic acids is 1. The van der Waals surface area contributed by atoms with Gasteiger partial charge in [-0.1, -0.05) is 67.1 Å². The Kier molecular flexibility index (Phi) is 8.79. The zero-order chi connectivity index (χ0) is 14.8. The fourth-order valence-electron chi connectivity index (χ4n) is 2.07. The van der Waals surface area contributed by atoms with E-state index in [1.54, 1.807) is 0 Å². The maximum atomic E-state index is 12.1. The highest BCUT2D eigenvalue weighted by atomic mass is 79.9. The third-order valence-electron chi connectivity index (χ3n) is 3.36. The van der Waals surface area contributed by atoms with Gasteiger partial charge in [-0.05, 0) is 25.5 Å². The number of hydrogen-bond acceptors (Lipinski definition) is 2. The van der Waals surface area contributed by atoms with Gasteiger partial charge in [0.2, 0.25) is 0 Å². The Morgan fingerprint density at radius 1 is 1.10 bits per heavy atom. The molecule has 2 nitrogen and oxygen atoms in total. The lowest BCUT2D eigenvalue weighted by atomic mass is 10.1. The second kappa shape index (κ2) is 10.1. The van der Waals surface area contributed by atoms with Crippen molar-refractivity contribution in [1.82, 2.24) is 0 Å². The van der Waals surface area contributed by atoms with Crippen LogP contribution in [0.15, 0.2) is 28.7 Å². The molecule has 1 aromatic carbocycles. The van der Waals surface area contributed by atoms with E-state index in [2.05, 4.69) is 22.9 Å². The van der Waals surface area contributed by atoms with E-state index >= 15 is 0 Å². The average Bonchev–Trinajstić information content (AvgIpc) is 2.46. The van der Waals surface area contributed by atoms with Crippen molar-refractivity contribution in [2.24, 2.45) is 0 Å². The number of hydrogen-bond donors (Lipinski definition) is 0. The summed E-state index contributed by atoms with van der Waals surface area (Å²) in [7, 11) is 0. The van der Waals surface area contributed by atoms with Crippen molar-refractivity contribution in [1.29, 1.82) is 0 Å². The lowest BCUT2D eigenvalue weighted by Gasteiger charge is -2.12. The molecule has 0 saturated heterocycles. The molecule has 20 heavy (non-hydrogen) atoms. The summed E-state index contributed by atoms with van der Waals surface area (Å²) in [6, 6.07) is 7.43. The molecule has 0 aliphatic rings. The molecule has 0 aliphatic heterocycles. The summed E-state index contributed by atoms with van der Waals surface area (Å²) >= 11 is 3.37. The van der Waals surface area contributed by atoms with Gasteiger partial charge in [-0.3, -0.25) is 4.79 Å². The Labute approximate surface area is 131 Å². The van der Waals surface area contributed by atoms with Crippen LogP contribution in [0, 0.1) is 0 Å². The van der Waals surface area contributed by atoms with Crippen LogP contribution in [0.25, 0.3) is 0 Å². The Morgan fingerprint density at radius 2 is 1.70 bits per heavy atom. The molecule has 1 rings (SSSR count). The van der Waals surface area contributed by atoms with E-state index in [1.807, 2.05) is 31.2 Å². The fraction of sp³-hybridized carbons (Fsp3) is 0.588. The maximum absolute atomic E-state index is 12.1. The fourth-order valence-corrected chi connectivity index (χ4v) is 2.33. The SMILES string of the molecule is CCCCCCCCOC(C)C(=O)c1ccc(Br)cc1. The molecule has 0 aromatic heterocycles. The molecule has 112 valence electrons. The molecule has 3 heteroatoms. The van der Waals surface area contributed by atoms with Crippen molar-refractivity contribution in [3.05, 3.63) is 34.3 Å².